The zero-order valence-corrected chi connectivity index (χ0v) is 11.7. The molecule has 1 aromatic heterocycles. The molecule has 5 heteroatoms. The number of amides is 1. The van der Waals surface area contributed by atoms with E-state index in [2.05, 4.69) is 11.5 Å². The molecular weight excluding hydrogens is 256 g/mol. The molecular formula is C15H22N2O3. The molecule has 0 bridgehead atoms. The third-order valence-corrected chi connectivity index (χ3v) is 3.60. The van der Waals surface area contributed by atoms with Gasteiger partial charge >= 0.3 is 0 Å². The van der Waals surface area contributed by atoms with Gasteiger partial charge in [-0.05, 0) is 18.9 Å². The van der Waals surface area contributed by atoms with Gasteiger partial charge in [0.2, 0.25) is 0 Å². The van der Waals surface area contributed by atoms with Gasteiger partial charge in [0.15, 0.2) is 0 Å². The van der Waals surface area contributed by atoms with E-state index in [9.17, 15) is 9.90 Å². The fourth-order valence-corrected chi connectivity index (χ4v) is 2.40. The van der Waals surface area contributed by atoms with Gasteiger partial charge in [0.05, 0.1) is 17.9 Å². The number of furan rings is 1. The number of nitrogens with zero attached hydrogens (tertiary/aromatic N) is 2. The molecule has 20 heavy (non-hydrogen) atoms. The highest BCUT2D eigenvalue weighted by atomic mass is 16.3. The van der Waals surface area contributed by atoms with Crippen molar-refractivity contribution >= 4 is 5.91 Å². The largest absolute Gasteiger partial charge is 0.472 e. The minimum absolute atomic E-state index is 0.0191. The zero-order chi connectivity index (χ0) is 14.4. The molecule has 2 heterocycles. The van der Waals surface area contributed by atoms with Gasteiger partial charge in [-0.15, -0.1) is 6.58 Å². The number of hydrogen-bond donors (Lipinski definition) is 1. The minimum Gasteiger partial charge on any atom is -0.472 e. The van der Waals surface area contributed by atoms with Crippen molar-refractivity contribution in [1.29, 1.82) is 0 Å². The maximum Gasteiger partial charge on any atom is 0.257 e. The predicted octanol–water partition coefficient (Wildman–Crippen LogP) is 1.36. The summed E-state index contributed by atoms with van der Waals surface area (Å²) < 4.78 is 4.94. The highest BCUT2D eigenvalue weighted by Gasteiger charge is 2.23. The van der Waals surface area contributed by atoms with Gasteiger partial charge in [-0.25, -0.2) is 0 Å². The van der Waals surface area contributed by atoms with E-state index >= 15 is 0 Å². The van der Waals surface area contributed by atoms with Crippen LogP contribution in [0.2, 0.25) is 0 Å². The summed E-state index contributed by atoms with van der Waals surface area (Å²) in [6.45, 7) is 7.31. The van der Waals surface area contributed by atoms with Crippen molar-refractivity contribution < 1.29 is 14.3 Å². The first-order valence-electron chi connectivity index (χ1n) is 7.03. The van der Waals surface area contributed by atoms with E-state index in [0.717, 1.165) is 25.9 Å². The Balaban J connectivity index is 1.75. The van der Waals surface area contributed by atoms with Crippen LogP contribution >= 0.6 is 0 Å². The third-order valence-electron chi connectivity index (χ3n) is 3.60. The Labute approximate surface area is 119 Å². The summed E-state index contributed by atoms with van der Waals surface area (Å²) in [5, 5.41) is 9.88. The van der Waals surface area contributed by atoms with Crippen molar-refractivity contribution in [3.63, 3.8) is 0 Å². The fourth-order valence-electron chi connectivity index (χ4n) is 2.40. The van der Waals surface area contributed by atoms with Gasteiger partial charge in [0, 0.05) is 32.7 Å². The van der Waals surface area contributed by atoms with Crippen molar-refractivity contribution in [2.45, 2.75) is 18.9 Å². The molecule has 1 aliphatic rings. The molecule has 1 aromatic rings. The lowest BCUT2D eigenvalue weighted by molar-refractivity contribution is 0.0517. The quantitative estimate of drug-likeness (QED) is 0.798. The number of β-amino-alcohol motifs (C(OH)–C–C–N with tert-alkyl or cyclic N) is 1. The van der Waals surface area contributed by atoms with E-state index in [-0.39, 0.29) is 12.0 Å². The number of rotatable bonds is 6. The second-order valence-electron chi connectivity index (χ2n) is 5.12. The van der Waals surface area contributed by atoms with E-state index < -0.39 is 0 Å². The van der Waals surface area contributed by atoms with Gasteiger partial charge in [-0.2, -0.15) is 0 Å². The number of piperazine rings is 1. The van der Waals surface area contributed by atoms with Crippen LogP contribution in [0.25, 0.3) is 0 Å². The lowest BCUT2D eigenvalue weighted by Crippen LogP contribution is -2.50. The molecule has 1 unspecified atom stereocenters. The van der Waals surface area contributed by atoms with Crippen LogP contribution in [0.1, 0.15) is 23.2 Å². The Morgan fingerprint density at radius 1 is 1.45 bits per heavy atom. The summed E-state index contributed by atoms with van der Waals surface area (Å²) in [7, 11) is 0. The SMILES string of the molecule is C=CCCC(O)CN1CCN(C(=O)c2ccoc2)CC1. The minimum atomic E-state index is -0.316. The molecule has 1 aliphatic heterocycles. The van der Waals surface area contributed by atoms with Crippen LogP contribution in [0.3, 0.4) is 0 Å². The van der Waals surface area contributed by atoms with E-state index in [4.69, 9.17) is 4.42 Å². The number of carbonyl (C=O) groups excluding carboxylic acids is 1. The van der Waals surface area contributed by atoms with E-state index in [1.807, 2.05) is 11.0 Å². The van der Waals surface area contributed by atoms with E-state index in [1.54, 1.807) is 6.07 Å². The van der Waals surface area contributed by atoms with Crippen LogP contribution in [-0.4, -0.2) is 59.6 Å². The number of aliphatic hydroxyl groups is 1. The van der Waals surface area contributed by atoms with Crippen molar-refractivity contribution in [1.82, 2.24) is 9.80 Å². The van der Waals surface area contributed by atoms with Crippen LogP contribution in [0.5, 0.6) is 0 Å². The number of carbonyl (C=O) groups is 1. The van der Waals surface area contributed by atoms with Gasteiger partial charge in [-0.3, -0.25) is 9.69 Å². The molecule has 0 saturated carbocycles. The Kier molecular flexibility index (Phi) is 5.38. The number of allylic oxidation sites excluding steroid dienone is 1. The van der Waals surface area contributed by atoms with Crippen LogP contribution in [-0.2, 0) is 0 Å². The molecule has 2 rings (SSSR count). The molecule has 1 saturated heterocycles. The molecule has 1 fully saturated rings. The molecule has 0 aromatic carbocycles. The normalized spacial score (nSPS) is 17.9. The summed E-state index contributed by atoms with van der Waals surface area (Å²) in [4.78, 5) is 16.2. The monoisotopic (exact) mass is 278 g/mol. The molecule has 1 atom stereocenters. The molecule has 0 spiro atoms. The third kappa shape index (κ3) is 3.95. The highest BCUT2D eigenvalue weighted by molar-refractivity contribution is 5.93. The van der Waals surface area contributed by atoms with Crippen LogP contribution in [0.4, 0.5) is 0 Å². The van der Waals surface area contributed by atoms with Gasteiger partial charge < -0.3 is 14.4 Å². The summed E-state index contributed by atoms with van der Waals surface area (Å²) in [6, 6.07) is 1.69. The van der Waals surface area contributed by atoms with Crippen LogP contribution in [0, 0.1) is 0 Å². The van der Waals surface area contributed by atoms with Crippen molar-refractivity contribution in [2.75, 3.05) is 32.7 Å². The van der Waals surface area contributed by atoms with Crippen LogP contribution < -0.4 is 0 Å². The lowest BCUT2D eigenvalue weighted by atomic mass is 10.1. The smallest absolute Gasteiger partial charge is 0.257 e. The average molecular weight is 278 g/mol. The second kappa shape index (κ2) is 7.26. The zero-order valence-electron chi connectivity index (χ0n) is 11.7. The van der Waals surface area contributed by atoms with Crippen molar-refractivity contribution in [3.05, 3.63) is 36.8 Å². The highest BCUT2D eigenvalue weighted by Crippen LogP contribution is 2.10. The summed E-state index contributed by atoms with van der Waals surface area (Å²) in [5.41, 5.74) is 0.601. The number of aliphatic hydroxyl groups excluding tert-OH is 1. The Morgan fingerprint density at radius 2 is 2.20 bits per heavy atom. The fraction of sp³-hybridized carbons (Fsp3) is 0.533. The average Bonchev–Trinajstić information content (AvgIpc) is 2.99. The molecule has 0 aliphatic carbocycles. The topological polar surface area (TPSA) is 56.9 Å². The summed E-state index contributed by atoms with van der Waals surface area (Å²) >= 11 is 0. The standard InChI is InChI=1S/C15H22N2O3/c1-2-3-4-14(18)11-16-6-8-17(9-7-16)15(19)13-5-10-20-12-13/h2,5,10,12,14,18H,1,3-4,6-9,11H2. The first-order chi connectivity index (χ1) is 9.70. The van der Waals surface area contributed by atoms with Gasteiger partial charge in [0.1, 0.15) is 6.26 Å². The van der Waals surface area contributed by atoms with Crippen LogP contribution in [0.15, 0.2) is 35.7 Å². The Morgan fingerprint density at radius 3 is 2.80 bits per heavy atom. The van der Waals surface area contributed by atoms with Gasteiger partial charge in [-0.1, -0.05) is 6.08 Å². The molecule has 110 valence electrons. The predicted molar refractivity (Wildman–Crippen MR) is 76.5 cm³/mol. The number of hydrogen-bond acceptors (Lipinski definition) is 4. The van der Waals surface area contributed by atoms with Crippen molar-refractivity contribution in [2.24, 2.45) is 0 Å². The molecule has 0 radical (unpaired) electrons. The second-order valence-corrected chi connectivity index (χ2v) is 5.12. The van der Waals surface area contributed by atoms with E-state index in [1.165, 1.54) is 12.5 Å². The Bertz CT molecular complexity index is 422. The molecule has 5 nitrogen and oxygen atoms in total. The molecule has 1 amide bonds. The van der Waals surface area contributed by atoms with Crippen molar-refractivity contribution in [3.8, 4) is 0 Å². The summed E-state index contributed by atoms with van der Waals surface area (Å²) in [5.74, 6) is 0.0191. The lowest BCUT2D eigenvalue weighted by Gasteiger charge is -2.35. The summed E-state index contributed by atoms with van der Waals surface area (Å²) in [6.07, 6.45) is 6.08. The maximum absolute atomic E-state index is 12.1. The first kappa shape index (κ1) is 14.8. The first-order valence-corrected chi connectivity index (χ1v) is 7.03. The maximum atomic E-state index is 12.1. The van der Waals surface area contributed by atoms with E-state index in [0.29, 0.717) is 25.2 Å². The Hall–Kier alpha value is -1.59. The van der Waals surface area contributed by atoms with Gasteiger partial charge in [0.25, 0.3) is 5.91 Å². The molecule has 1 N–H and O–H groups in total.